The SMILES string of the molecule is O=C(Cc1noc2ccccc12)N1CCOC(c2nn[nH]n2)C1. The van der Waals surface area contributed by atoms with Crippen molar-refractivity contribution in [3.05, 3.63) is 35.8 Å². The summed E-state index contributed by atoms with van der Waals surface area (Å²) in [5.74, 6) is 0.426. The van der Waals surface area contributed by atoms with Gasteiger partial charge >= 0.3 is 0 Å². The number of H-pyrrole nitrogens is 1. The molecule has 0 radical (unpaired) electrons. The van der Waals surface area contributed by atoms with E-state index in [9.17, 15) is 4.79 Å². The van der Waals surface area contributed by atoms with Gasteiger partial charge in [0.25, 0.3) is 0 Å². The summed E-state index contributed by atoms with van der Waals surface area (Å²) in [6.45, 7) is 1.36. The van der Waals surface area contributed by atoms with Crippen molar-refractivity contribution in [3.63, 3.8) is 0 Å². The van der Waals surface area contributed by atoms with Crippen LogP contribution in [0.3, 0.4) is 0 Å². The van der Waals surface area contributed by atoms with Crippen molar-refractivity contribution in [1.29, 1.82) is 0 Å². The van der Waals surface area contributed by atoms with Crippen LogP contribution in [-0.2, 0) is 16.0 Å². The molecular weight excluding hydrogens is 300 g/mol. The Morgan fingerprint density at radius 2 is 2.30 bits per heavy atom. The molecule has 3 aromatic rings. The smallest absolute Gasteiger partial charge is 0.228 e. The molecule has 0 bridgehead atoms. The molecule has 1 amide bonds. The van der Waals surface area contributed by atoms with Gasteiger partial charge in [0.1, 0.15) is 11.8 Å². The number of aromatic amines is 1. The molecule has 1 aliphatic rings. The largest absolute Gasteiger partial charge is 0.366 e. The van der Waals surface area contributed by atoms with Crippen molar-refractivity contribution in [1.82, 2.24) is 30.7 Å². The highest BCUT2D eigenvalue weighted by Crippen LogP contribution is 2.21. The molecule has 1 atom stereocenters. The fourth-order valence-corrected chi connectivity index (χ4v) is 2.66. The molecule has 1 aromatic carbocycles. The molecule has 0 spiro atoms. The standard InChI is InChI=1S/C14H14N6O3/c21-13(7-10-9-3-1-2-4-11(9)23-17-10)20-5-6-22-12(8-20)14-15-18-19-16-14/h1-4,12H,5-8H2,(H,15,16,18,19). The Bertz CT molecular complexity index is 815. The third-order valence-corrected chi connectivity index (χ3v) is 3.84. The summed E-state index contributed by atoms with van der Waals surface area (Å²) >= 11 is 0. The van der Waals surface area contributed by atoms with Crippen molar-refractivity contribution in [2.24, 2.45) is 0 Å². The molecule has 9 nitrogen and oxygen atoms in total. The van der Waals surface area contributed by atoms with Crippen molar-refractivity contribution >= 4 is 16.9 Å². The Hall–Kier alpha value is -2.81. The Labute approximate surface area is 130 Å². The number of hydrogen-bond donors (Lipinski definition) is 1. The van der Waals surface area contributed by atoms with Crippen molar-refractivity contribution < 1.29 is 14.1 Å². The lowest BCUT2D eigenvalue weighted by molar-refractivity contribution is -0.138. The lowest BCUT2D eigenvalue weighted by atomic mass is 10.1. The average Bonchev–Trinajstić information content (AvgIpc) is 3.25. The van der Waals surface area contributed by atoms with Gasteiger partial charge in [-0.3, -0.25) is 4.79 Å². The number of aromatic nitrogens is 5. The minimum absolute atomic E-state index is 0.0270. The number of benzene rings is 1. The first-order valence-corrected chi connectivity index (χ1v) is 7.27. The zero-order valence-corrected chi connectivity index (χ0v) is 12.2. The van der Waals surface area contributed by atoms with Gasteiger partial charge in [-0.1, -0.05) is 22.5 Å². The van der Waals surface area contributed by atoms with E-state index in [4.69, 9.17) is 9.26 Å². The molecule has 1 N–H and O–H groups in total. The van der Waals surface area contributed by atoms with Crippen molar-refractivity contribution in [2.45, 2.75) is 12.5 Å². The second-order valence-electron chi connectivity index (χ2n) is 5.27. The second kappa shape index (κ2) is 5.76. The molecule has 9 heteroatoms. The van der Waals surface area contributed by atoms with E-state index < -0.39 is 0 Å². The van der Waals surface area contributed by atoms with Crippen LogP contribution in [0.4, 0.5) is 0 Å². The number of morpholine rings is 1. The lowest BCUT2D eigenvalue weighted by Gasteiger charge is -2.31. The topological polar surface area (TPSA) is 110 Å². The first-order valence-electron chi connectivity index (χ1n) is 7.27. The van der Waals surface area contributed by atoms with E-state index in [-0.39, 0.29) is 18.4 Å². The van der Waals surface area contributed by atoms with Crippen LogP contribution in [-0.4, -0.2) is 56.3 Å². The fraction of sp³-hybridized carbons (Fsp3) is 0.357. The van der Waals surface area contributed by atoms with Crippen LogP contribution in [0.2, 0.25) is 0 Å². The maximum absolute atomic E-state index is 12.5. The number of carbonyl (C=O) groups is 1. The van der Waals surface area contributed by atoms with Gasteiger partial charge in [0, 0.05) is 11.9 Å². The Morgan fingerprint density at radius 1 is 1.39 bits per heavy atom. The van der Waals surface area contributed by atoms with Crippen LogP contribution < -0.4 is 0 Å². The van der Waals surface area contributed by atoms with Crippen LogP contribution in [0.5, 0.6) is 0 Å². The summed E-state index contributed by atoms with van der Waals surface area (Å²) in [6.07, 6.45) is -0.170. The Balaban J connectivity index is 1.48. The van der Waals surface area contributed by atoms with Gasteiger partial charge in [0.05, 0.1) is 19.6 Å². The summed E-state index contributed by atoms with van der Waals surface area (Å²) < 4.78 is 10.8. The number of nitrogens with one attached hydrogen (secondary N) is 1. The number of para-hydroxylation sites is 1. The number of fused-ring (bicyclic) bond motifs is 1. The van der Waals surface area contributed by atoms with E-state index in [1.807, 2.05) is 24.3 Å². The summed E-state index contributed by atoms with van der Waals surface area (Å²) in [6, 6.07) is 7.50. The fourth-order valence-electron chi connectivity index (χ4n) is 2.66. The molecule has 2 aromatic heterocycles. The summed E-state index contributed by atoms with van der Waals surface area (Å²) in [5, 5.41) is 18.6. The van der Waals surface area contributed by atoms with Crippen molar-refractivity contribution in [2.75, 3.05) is 19.7 Å². The number of rotatable bonds is 3. The van der Waals surface area contributed by atoms with E-state index in [2.05, 4.69) is 25.8 Å². The molecule has 1 fully saturated rings. The van der Waals surface area contributed by atoms with Gasteiger partial charge in [-0.15, -0.1) is 10.2 Å². The summed E-state index contributed by atoms with van der Waals surface area (Å²) in [4.78, 5) is 14.3. The van der Waals surface area contributed by atoms with Gasteiger partial charge in [0.15, 0.2) is 5.58 Å². The van der Waals surface area contributed by atoms with Crippen molar-refractivity contribution in [3.8, 4) is 0 Å². The van der Waals surface area contributed by atoms with Gasteiger partial charge in [-0.05, 0) is 12.1 Å². The maximum Gasteiger partial charge on any atom is 0.228 e. The molecule has 118 valence electrons. The maximum atomic E-state index is 12.5. The van der Waals surface area contributed by atoms with Crippen LogP contribution in [0.25, 0.3) is 11.0 Å². The minimum Gasteiger partial charge on any atom is -0.366 e. The van der Waals surface area contributed by atoms with Gasteiger partial charge in [0.2, 0.25) is 11.7 Å². The third kappa shape index (κ3) is 2.66. The molecule has 23 heavy (non-hydrogen) atoms. The summed E-state index contributed by atoms with van der Waals surface area (Å²) in [7, 11) is 0. The lowest BCUT2D eigenvalue weighted by Crippen LogP contribution is -2.43. The normalized spacial score (nSPS) is 18.4. The molecule has 3 heterocycles. The molecule has 1 aliphatic heterocycles. The quantitative estimate of drug-likeness (QED) is 0.748. The van der Waals surface area contributed by atoms with E-state index in [1.165, 1.54) is 0 Å². The average molecular weight is 314 g/mol. The highest BCUT2D eigenvalue weighted by Gasteiger charge is 2.28. The zero-order valence-electron chi connectivity index (χ0n) is 12.2. The number of tetrazole rings is 1. The van der Waals surface area contributed by atoms with E-state index in [0.29, 0.717) is 36.8 Å². The number of nitrogens with zero attached hydrogens (tertiary/aromatic N) is 5. The number of hydrogen-bond acceptors (Lipinski definition) is 7. The molecule has 0 aliphatic carbocycles. The van der Waals surface area contributed by atoms with E-state index in [1.54, 1.807) is 4.90 Å². The molecule has 4 rings (SSSR count). The highest BCUT2D eigenvalue weighted by molar-refractivity contribution is 5.86. The predicted octanol–water partition coefficient (Wildman–Crippen LogP) is 0.483. The molecule has 0 saturated carbocycles. The first-order chi connectivity index (χ1) is 11.3. The highest BCUT2D eigenvalue weighted by atomic mass is 16.5. The van der Waals surface area contributed by atoms with Crippen LogP contribution in [0.15, 0.2) is 28.8 Å². The van der Waals surface area contributed by atoms with Crippen LogP contribution >= 0.6 is 0 Å². The second-order valence-corrected chi connectivity index (χ2v) is 5.27. The van der Waals surface area contributed by atoms with Gasteiger partial charge < -0.3 is 14.2 Å². The predicted molar refractivity (Wildman–Crippen MR) is 77.2 cm³/mol. The molecule has 1 unspecified atom stereocenters. The first kappa shape index (κ1) is 13.8. The number of carbonyl (C=O) groups excluding carboxylic acids is 1. The zero-order chi connectivity index (χ0) is 15.6. The monoisotopic (exact) mass is 314 g/mol. The Kier molecular flexibility index (Phi) is 3.46. The number of amides is 1. The number of ether oxygens (including phenoxy) is 1. The minimum atomic E-state index is -0.361. The van der Waals surface area contributed by atoms with Crippen LogP contribution in [0.1, 0.15) is 17.6 Å². The third-order valence-electron chi connectivity index (χ3n) is 3.84. The Morgan fingerprint density at radius 3 is 3.17 bits per heavy atom. The van der Waals surface area contributed by atoms with E-state index in [0.717, 1.165) is 5.39 Å². The van der Waals surface area contributed by atoms with Gasteiger partial charge in [-0.2, -0.15) is 5.21 Å². The summed E-state index contributed by atoms with van der Waals surface area (Å²) in [5.41, 5.74) is 1.33. The van der Waals surface area contributed by atoms with E-state index >= 15 is 0 Å². The molecule has 1 saturated heterocycles. The van der Waals surface area contributed by atoms with Crippen LogP contribution in [0, 0.1) is 0 Å². The van der Waals surface area contributed by atoms with Gasteiger partial charge in [-0.25, -0.2) is 0 Å². The molecular formula is C14H14N6O3.